The van der Waals surface area contributed by atoms with E-state index in [9.17, 15) is 4.79 Å². The van der Waals surface area contributed by atoms with E-state index >= 15 is 0 Å². The highest BCUT2D eigenvalue weighted by atomic mass is 16.5. The molecule has 0 fully saturated rings. The van der Waals surface area contributed by atoms with Crippen LogP contribution in [0.2, 0.25) is 0 Å². The zero-order valence-corrected chi connectivity index (χ0v) is 9.63. The molecule has 0 saturated carbocycles. The minimum atomic E-state index is -0.241. The monoisotopic (exact) mass is 230 g/mol. The van der Waals surface area contributed by atoms with E-state index in [0.29, 0.717) is 0 Å². The van der Waals surface area contributed by atoms with Gasteiger partial charge in [0.25, 0.3) is 0 Å². The normalized spacial score (nSPS) is 12.1. The highest BCUT2D eigenvalue weighted by Crippen LogP contribution is 2.28. The van der Waals surface area contributed by atoms with Crippen LogP contribution in [-0.2, 0) is 9.53 Å². The highest BCUT2D eigenvalue weighted by molar-refractivity contribution is 5.71. The molecule has 1 heterocycles. The van der Waals surface area contributed by atoms with Gasteiger partial charge < -0.3 is 9.15 Å². The third-order valence-electron chi connectivity index (χ3n) is 2.69. The van der Waals surface area contributed by atoms with Crippen LogP contribution in [0.4, 0.5) is 0 Å². The van der Waals surface area contributed by atoms with Crippen LogP contribution < -0.4 is 0 Å². The molecule has 0 aliphatic carbocycles. The zero-order valence-electron chi connectivity index (χ0n) is 9.63. The molecule has 0 amide bonds. The summed E-state index contributed by atoms with van der Waals surface area (Å²) in [4.78, 5) is 11.4. The first-order chi connectivity index (χ1) is 8.31. The molecule has 1 atom stereocenters. The number of esters is 1. The van der Waals surface area contributed by atoms with Gasteiger partial charge in [-0.05, 0) is 17.7 Å². The van der Waals surface area contributed by atoms with Crippen LogP contribution >= 0.6 is 0 Å². The average molecular weight is 230 g/mol. The van der Waals surface area contributed by atoms with Crippen molar-refractivity contribution in [2.45, 2.75) is 12.3 Å². The van der Waals surface area contributed by atoms with Crippen LogP contribution in [0.25, 0.3) is 0 Å². The highest BCUT2D eigenvalue weighted by Gasteiger charge is 2.20. The second kappa shape index (κ2) is 5.34. The summed E-state index contributed by atoms with van der Waals surface area (Å²) in [5, 5.41) is 0. The number of benzene rings is 1. The van der Waals surface area contributed by atoms with Gasteiger partial charge in [-0.2, -0.15) is 0 Å². The first-order valence-electron chi connectivity index (χ1n) is 5.46. The van der Waals surface area contributed by atoms with Crippen LogP contribution in [-0.4, -0.2) is 13.1 Å². The summed E-state index contributed by atoms with van der Waals surface area (Å²) in [5.41, 5.74) is 1.05. The second-order valence-corrected chi connectivity index (χ2v) is 3.76. The average Bonchev–Trinajstić information content (AvgIpc) is 2.90. The Labute approximate surface area is 100 Å². The molecule has 1 aromatic carbocycles. The van der Waals surface area contributed by atoms with Crippen LogP contribution in [0.5, 0.6) is 0 Å². The van der Waals surface area contributed by atoms with Gasteiger partial charge in [-0.3, -0.25) is 4.79 Å². The SMILES string of the molecule is COC(=O)CC(c1ccccc1)c1ccco1. The van der Waals surface area contributed by atoms with Crippen molar-refractivity contribution in [1.82, 2.24) is 0 Å². The summed E-state index contributed by atoms with van der Waals surface area (Å²) in [6.07, 6.45) is 1.90. The molecule has 0 radical (unpaired) electrons. The standard InChI is InChI=1S/C14H14O3/c1-16-14(15)10-12(13-8-5-9-17-13)11-6-3-2-4-7-11/h2-9,12H,10H2,1H3. The third kappa shape index (κ3) is 2.75. The number of carbonyl (C=O) groups is 1. The predicted molar refractivity (Wildman–Crippen MR) is 63.6 cm³/mol. The molecule has 1 unspecified atom stereocenters. The van der Waals surface area contributed by atoms with E-state index in [1.54, 1.807) is 6.26 Å². The summed E-state index contributed by atoms with van der Waals surface area (Å²) in [5.74, 6) is 0.454. The maximum atomic E-state index is 11.4. The van der Waals surface area contributed by atoms with E-state index in [-0.39, 0.29) is 18.3 Å². The number of hydrogen-bond acceptors (Lipinski definition) is 3. The van der Waals surface area contributed by atoms with Crippen molar-refractivity contribution in [1.29, 1.82) is 0 Å². The molecule has 0 saturated heterocycles. The van der Waals surface area contributed by atoms with Crippen molar-refractivity contribution in [3.05, 3.63) is 60.1 Å². The molecule has 17 heavy (non-hydrogen) atoms. The van der Waals surface area contributed by atoms with E-state index in [4.69, 9.17) is 9.15 Å². The van der Waals surface area contributed by atoms with Crippen molar-refractivity contribution in [2.24, 2.45) is 0 Å². The van der Waals surface area contributed by atoms with Gasteiger partial charge >= 0.3 is 5.97 Å². The first kappa shape index (κ1) is 11.5. The van der Waals surface area contributed by atoms with Crippen LogP contribution in [0, 0.1) is 0 Å². The quantitative estimate of drug-likeness (QED) is 0.758. The number of hydrogen-bond donors (Lipinski definition) is 0. The Hall–Kier alpha value is -2.03. The molecule has 0 aliphatic rings. The molecule has 3 heteroatoms. The van der Waals surface area contributed by atoms with Gasteiger partial charge in [0.15, 0.2) is 0 Å². The Bertz CT molecular complexity index is 459. The van der Waals surface area contributed by atoms with Crippen molar-refractivity contribution < 1.29 is 13.9 Å². The maximum absolute atomic E-state index is 11.4. The minimum Gasteiger partial charge on any atom is -0.469 e. The lowest BCUT2D eigenvalue weighted by Gasteiger charge is -2.13. The fourth-order valence-corrected chi connectivity index (χ4v) is 1.81. The number of methoxy groups -OCH3 is 1. The van der Waals surface area contributed by atoms with Crippen molar-refractivity contribution >= 4 is 5.97 Å². The second-order valence-electron chi connectivity index (χ2n) is 3.76. The Morgan fingerprint density at radius 3 is 2.59 bits per heavy atom. The molecule has 0 bridgehead atoms. The van der Waals surface area contributed by atoms with Gasteiger partial charge in [0, 0.05) is 0 Å². The number of furan rings is 1. The molecule has 0 spiro atoms. The fourth-order valence-electron chi connectivity index (χ4n) is 1.81. The molecule has 3 nitrogen and oxygen atoms in total. The Balaban J connectivity index is 2.28. The summed E-state index contributed by atoms with van der Waals surface area (Å²) < 4.78 is 10.1. The van der Waals surface area contributed by atoms with Gasteiger partial charge in [-0.1, -0.05) is 30.3 Å². The van der Waals surface area contributed by atoms with Gasteiger partial charge in [0.2, 0.25) is 0 Å². The van der Waals surface area contributed by atoms with Gasteiger partial charge in [-0.25, -0.2) is 0 Å². The smallest absolute Gasteiger partial charge is 0.306 e. The van der Waals surface area contributed by atoms with E-state index in [1.165, 1.54) is 7.11 Å². The van der Waals surface area contributed by atoms with Crippen molar-refractivity contribution in [3.8, 4) is 0 Å². The summed E-state index contributed by atoms with van der Waals surface area (Å²) >= 11 is 0. The topological polar surface area (TPSA) is 39.4 Å². The molecule has 88 valence electrons. The zero-order chi connectivity index (χ0) is 12.1. The van der Waals surface area contributed by atoms with E-state index in [0.717, 1.165) is 11.3 Å². The molecule has 2 aromatic rings. The van der Waals surface area contributed by atoms with Crippen LogP contribution in [0.1, 0.15) is 23.7 Å². The Morgan fingerprint density at radius 2 is 2.00 bits per heavy atom. The summed E-state index contributed by atoms with van der Waals surface area (Å²) in [7, 11) is 1.40. The number of carbonyl (C=O) groups excluding carboxylic acids is 1. The van der Waals surface area contributed by atoms with E-state index in [1.807, 2.05) is 42.5 Å². The number of rotatable bonds is 4. The van der Waals surface area contributed by atoms with Crippen molar-refractivity contribution in [2.75, 3.05) is 7.11 Å². The Morgan fingerprint density at radius 1 is 1.24 bits per heavy atom. The summed E-state index contributed by atoms with van der Waals surface area (Å²) in [6, 6.07) is 13.5. The molecular formula is C14H14O3. The fraction of sp³-hybridized carbons (Fsp3) is 0.214. The Kier molecular flexibility index (Phi) is 3.60. The predicted octanol–water partition coefficient (Wildman–Crippen LogP) is 2.97. The first-order valence-corrected chi connectivity index (χ1v) is 5.46. The van der Waals surface area contributed by atoms with E-state index < -0.39 is 0 Å². The van der Waals surface area contributed by atoms with Gasteiger partial charge in [0.05, 0.1) is 25.7 Å². The molecule has 1 aromatic heterocycles. The number of ether oxygens (including phenoxy) is 1. The van der Waals surface area contributed by atoms with Crippen LogP contribution in [0.3, 0.4) is 0 Å². The maximum Gasteiger partial charge on any atom is 0.306 e. The molecule has 2 rings (SSSR count). The van der Waals surface area contributed by atoms with Crippen molar-refractivity contribution in [3.63, 3.8) is 0 Å². The van der Waals surface area contributed by atoms with Gasteiger partial charge in [0.1, 0.15) is 5.76 Å². The molecular weight excluding hydrogens is 216 g/mol. The minimum absolute atomic E-state index is 0.0846. The molecule has 0 aliphatic heterocycles. The van der Waals surface area contributed by atoms with Crippen LogP contribution in [0.15, 0.2) is 53.1 Å². The lowest BCUT2D eigenvalue weighted by atomic mass is 9.93. The lowest BCUT2D eigenvalue weighted by Crippen LogP contribution is -2.09. The lowest BCUT2D eigenvalue weighted by molar-refractivity contribution is -0.140. The largest absolute Gasteiger partial charge is 0.469 e. The van der Waals surface area contributed by atoms with E-state index in [2.05, 4.69) is 0 Å². The third-order valence-corrected chi connectivity index (χ3v) is 2.69. The molecule has 0 N–H and O–H groups in total. The van der Waals surface area contributed by atoms with Gasteiger partial charge in [-0.15, -0.1) is 0 Å². The summed E-state index contributed by atoms with van der Waals surface area (Å²) in [6.45, 7) is 0.